The van der Waals surface area contributed by atoms with Gasteiger partial charge in [0.15, 0.2) is 0 Å². The van der Waals surface area contributed by atoms with E-state index >= 15 is 0 Å². The molecule has 0 bridgehead atoms. The van der Waals surface area contributed by atoms with Crippen LogP contribution in [0.25, 0.3) is 0 Å². The quantitative estimate of drug-likeness (QED) is 0.775. The number of ether oxygens (including phenoxy) is 1. The fraction of sp³-hybridized carbons (Fsp3) is 0.500. The summed E-state index contributed by atoms with van der Waals surface area (Å²) in [5.41, 5.74) is 0.904. The zero-order valence-corrected chi connectivity index (χ0v) is 9.86. The lowest BCUT2D eigenvalue weighted by Crippen LogP contribution is -2.38. The molecule has 1 aliphatic rings. The van der Waals surface area contributed by atoms with Crippen molar-refractivity contribution in [2.75, 3.05) is 6.61 Å². The summed E-state index contributed by atoms with van der Waals surface area (Å²) in [6, 6.07) is 10.4. The third-order valence-corrected chi connectivity index (χ3v) is 3.33. The highest BCUT2D eigenvalue weighted by atomic mass is 16.5. The lowest BCUT2D eigenvalue weighted by atomic mass is 9.60. The molecule has 0 saturated heterocycles. The normalized spacial score (nSPS) is 27.9. The summed E-state index contributed by atoms with van der Waals surface area (Å²) in [6.45, 7) is 4.85. The molecule has 0 spiro atoms. The molecule has 1 aromatic rings. The highest BCUT2D eigenvalue weighted by Crippen LogP contribution is 2.47. The molecule has 0 N–H and O–H groups in total. The van der Waals surface area contributed by atoms with Crippen LogP contribution in [0.15, 0.2) is 24.3 Å². The van der Waals surface area contributed by atoms with Gasteiger partial charge in [0.05, 0.1) is 18.1 Å². The third-order valence-electron chi connectivity index (χ3n) is 3.33. The fourth-order valence-electron chi connectivity index (χ4n) is 2.56. The first kappa shape index (κ1) is 11.0. The van der Waals surface area contributed by atoms with Gasteiger partial charge in [-0.2, -0.15) is 5.26 Å². The summed E-state index contributed by atoms with van der Waals surface area (Å²) in [7, 11) is 0. The standard InChI is InChI=1S/C14H17NO/c1-3-16-13-6-4-12(5-7-13)14(10-15)8-11(2)9-14/h4-7,11H,3,8-9H2,1-2H3. The Bertz CT molecular complexity index is 396. The monoisotopic (exact) mass is 215 g/mol. The van der Waals surface area contributed by atoms with Gasteiger partial charge in [-0.05, 0) is 43.4 Å². The Morgan fingerprint density at radius 3 is 2.44 bits per heavy atom. The Morgan fingerprint density at radius 1 is 1.38 bits per heavy atom. The Morgan fingerprint density at radius 2 is 2.00 bits per heavy atom. The van der Waals surface area contributed by atoms with E-state index in [2.05, 4.69) is 13.0 Å². The molecular weight excluding hydrogens is 198 g/mol. The molecule has 0 unspecified atom stereocenters. The van der Waals surface area contributed by atoms with Crippen LogP contribution in [-0.4, -0.2) is 6.61 Å². The van der Waals surface area contributed by atoms with Crippen LogP contribution < -0.4 is 4.74 Å². The van der Waals surface area contributed by atoms with Crippen molar-refractivity contribution >= 4 is 0 Å². The van der Waals surface area contributed by atoms with Gasteiger partial charge in [0.25, 0.3) is 0 Å². The molecule has 0 radical (unpaired) electrons. The van der Waals surface area contributed by atoms with Gasteiger partial charge in [0.2, 0.25) is 0 Å². The second-order valence-electron chi connectivity index (χ2n) is 4.66. The summed E-state index contributed by atoms with van der Waals surface area (Å²) < 4.78 is 5.40. The minimum absolute atomic E-state index is 0.232. The largest absolute Gasteiger partial charge is 0.494 e. The fourth-order valence-corrected chi connectivity index (χ4v) is 2.56. The number of hydrogen-bond donors (Lipinski definition) is 0. The lowest BCUT2D eigenvalue weighted by molar-refractivity contribution is 0.217. The summed E-state index contributed by atoms with van der Waals surface area (Å²) in [5.74, 6) is 1.55. The van der Waals surface area contributed by atoms with Crippen molar-refractivity contribution in [3.8, 4) is 11.8 Å². The van der Waals surface area contributed by atoms with Crippen LogP contribution in [0.2, 0.25) is 0 Å². The molecule has 2 heteroatoms. The van der Waals surface area contributed by atoms with Crippen molar-refractivity contribution in [3.63, 3.8) is 0 Å². The molecule has 1 aromatic carbocycles. The average Bonchev–Trinajstić information content (AvgIpc) is 2.26. The van der Waals surface area contributed by atoms with Gasteiger partial charge in [-0.15, -0.1) is 0 Å². The molecule has 0 aromatic heterocycles. The van der Waals surface area contributed by atoms with Crippen LogP contribution in [0.3, 0.4) is 0 Å². The number of hydrogen-bond acceptors (Lipinski definition) is 2. The van der Waals surface area contributed by atoms with Crippen molar-refractivity contribution in [2.24, 2.45) is 5.92 Å². The van der Waals surface area contributed by atoms with Gasteiger partial charge in [-0.1, -0.05) is 19.1 Å². The predicted molar refractivity (Wildman–Crippen MR) is 63.3 cm³/mol. The molecule has 16 heavy (non-hydrogen) atoms. The van der Waals surface area contributed by atoms with E-state index in [4.69, 9.17) is 4.74 Å². The van der Waals surface area contributed by atoms with Gasteiger partial charge in [0, 0.05) is 0 Å². The smallest absolute Gasteiger partial charge is 0.119 e. The summed E-state index contributed by atoms with van der Waals surface area (Å²) in [6.07, 6.45) is 1.97. The van der Waals surface area contributed by atoms with E-state index in [1.54, 1.807) is 0 Å². The van der Waals surface area contributed by atoms with Gasteiger partial charge in [-0.25, -0.2) is 0 Å². The van der Waals surface area contributed by atoms with Gasteiger partial charge in [-0.3, -0.25) is 0 Å². The van der Waals surface area contributed by atoms with Gasteiger partial charge in [0.1, 0.15) is 5.75 Å². The summed E-state index contributed by atoms with van der Waals surface area (Å²) >= 11 is 0. The Kier molecular flexibility index (Phi) is 2.87. The van der Waals surface area contributed by atoms with Crippen molar-refractivity contribution < 1.29 is 4.74 Å². The zero-order valence-electron chi connectivity index (χ0n) is 9.86. The Balaban J connectivity index is 2.18. The van der Waals surface area contributed by atoms with Gasteiger partial charge < -0.3 is 4.74 Å². The summed E-state index contributed by atoms with van der Waals surface area (Å²) in [5, 5.41) is 9.30. The van der Waals surface area contributed by atoms with Crippen LogP contribution in [0.4, 0.5) is 0 Å². The van der Waals surface area contributed by atoms with Gasteiger partial charge >= 0.3 is 0 Å². The first-order chi connectivity index (χ1) is 7.70. The molecule has 0 aliphatic heterocycles. The molecule has 1 saturated carbocycles. The highest BCUT2D eigenvalue weighted by Gasteiger charge is 2.43. The van der Waals surface area contributed by atoms with Crippen LogP contribution >= 0.6 is 0 Å². The van der Waals surface area contributed by atoms with Crippen LogP contribution in [0.1, 0.15) is 32.3 Å². The predicted octanol–water partition coefficient (Wildman–Crippen LogP) is 3.28. The molecule has 1 aliphatic carbocycles. The second kappa shape index (κ2) is 4.17. The van der Waals surface area contributed by atoms with Crippen LogP contribution in [0, 0.1) is 17.2 Å². The van der Waals surface area contributed by atoms with E-state index in [9.17, 15) is 5.26 Å². The van der Waals surface area contributed by atoms with Crippen molar-refractivity contribution in [3.05, 3.63) is 29.8 Å². The maximum absolute atomic E-state index is 9.30. The zero-order chi connectivity index (χ0) is 11.6. The number of rotatable bonds is 3. The first-order valence-corrected chi connectivity index (χ1v) is 5.85. The Hall–Kier alpha value is -1.49. The highest BCUT2D eigenvalue weighted by molar-refractivity contribution is 5.39. The lowest BCUT2D eigenvalue weighted by Gasteiger charge is -2.41. The number of benzene rings is 1. The molecule has 0 amide bonds. The molecule has 0 atom stereocenters. The maximum Gasteiger partial charge on any atom is 0.119 e. The Labute approximate surface area is 96.9 Å². The van der Waals surface area contributed by atoms with Crippen LogP contribution in [0.5, 0.6) is 5.75 Å². The molecule has 2 nitrogen and oxygen atoms in total. The minimum Gasteiger partial charge on any atom is -0.494 e. The van der Waals surface area contributed by atoms with E-state index in [0.717, 1.165) is 24.2 Å². The SMILES string of the molecule is CCOc1ccc(C2(C#N)CC(C)C2)cc1. The first-order valence-electron chi connectivity index (χ1n) is 5.85. The molecular formula is C14H17NO. The van der Waals surface area contributed by atoms with Crippen molar-refractivity contribution in [2.45, 2.75) is 32.1 Å². The molecule has 2 rings (SSSR count). The van der Waals surface area contributed by atoms with Crippen molar-refractivity contribution in [1.82, 2.24) is 0 Å². The van der Waals surface area contributed by atoms with Crippen molar-refractivity contribution in [1.29, 1.82) is 5.26 Å². The maximum atomic E-state index is 9.30. The van der Waals surface area contributed by atoms with E-state index < -0.39 is 0 Å². The van der Waals surface area contributed by atoms with E-state index in [-0.39, 0.29) is 5.41 Å². The number of nitrogens with zero attached hydrogens (tertiary/aromatic N) is 1. The second-order valence-corrected chi connectivity index (χ2v) is 4.66. The number of nitriles is 1. The molecule has 0 heterocycles. The third kappa shape index (κ3) is 1.78. The van der Waals surface area contributed by atoms with E-state index in [1.807, 2.05) is 31.2 Å². The van der Waals surface area contributed by atoms with Crippen LogP contribution in [-0.2, 0) is 5.41 Å². The topological polar surface area (TPSA) is 33.0 Å². The molecule has 84 valence electrons. The van der Waals surface area contributed by atoms with E-state index in [1.165, 1.54) is 0 Å². The minimum atomic E-state index is -0.232. The van der Waals surface area contributed by atoms with E-state index in [0.29, 0.717) is 12.5 Å². The summed E-state index contributed by atoms with van der Waals surface area (Å²) in [4.78, 5) is 0. The average molecular weight is 215 g/mol. The molecule has 1 fully saturated rings.